The third-order valence-electron chi connectivity index (χ3n) is 7.72. The third-order valence-corrected chi connectivity index (χ3v) is 7.72. The summed E-state index contributed by atoms with van der Waals surface area (Å²) in [5.74, 6) is 0.488. The molecule has 0 aliphatic heterocycles. The van der Waals surface area contributed by atoms with Crippen LogP contribution in [0.3, 0.4) is 0 Å². The van der Waals surface area contributed by atoms with Crippen LogP contribution in [0.2, 0.25) is 0 Å². The molecule has 1 saturated carbocycles. The highest BCUT2D eigenvalue weighted by Gasteiger charge is 2.31. The van der Waals surface area contributed by atoms with Crippen LogP contribution < -0.4 is 5.73 Å². The lowest BCUT2D eigenvalue weighted by molar-refractivity contribution is -0.114. The van der Waals surface area contributed by atoms with Crippen molar-refractivity contribution in [3.63, 3.8) is 0 Å². The van der Waals surface area contributed by atoms with Crippen molar-refractivity contribution in [2.45, 2.75) is 107 Å². The molecule has 1 unspecified atom stereocenters. The van der Waals surface area contributed by atoms with E-state index in [1.165, 1.54) is 5.57 Å². The van der Waals surface area contributed by atoms with Crippen molar-refractivity contribution in [3.05, 3.63) is 82.5 Å². The van der Waals surface area contributed by atoms with E-state index in [4.69, 9.17) is 10.5 Å². The van der Waals surface area contributed by atoms with Gasteiger partial charge in [0.05, 0.1) is 0 Å². The second-order valence-corrected chi connectivity index (χ2v) is 14.2. The lowest BCUT2D eigenvalue weighted by Gasteiger charge is -2.29. The predicted octanol–water partition coefficient (Wildman–Crippen LogP) is 9.48. The lowest BCUT2D eigenvalue weighted by atomic mass is 9.84. The summed E-state index contributed by atoms with van der Waals surface area (Å²) in [7, 11) is 1.83. The van der Waals surface area contributed by atoms with Crippen LogP contribution in [0.1, 0.15) is 101 Å². The number of allylic oxidation sites excluding steroid dienone is 9. The quantitative estimate of drug-likeness (QED) is 0.0761. The molecule has 1 atom stereocenters. The van der Waals surface area contributed by atoms with Crippen molar-refractivity contribution < 1.29 is 14.3 Å². The van der Waals surface area contributed by atoms with Crippen LogP contribution in [0.4, 0.5) is 4.79 Å². The molecule has 0 aromatic rings. The number of aliphatic imine (C=N–C) groups is 1. The van der Waals surface area contributed by atoms with Gasteiger partial charge in [0.25, 0.3) is 0 Å². The van der Waals surface area contributed by atoms with Crippen LogP contribution in [-0.2, 0) is 9.53 Å². The number of carbonyl (C=O) groups excluding carboxylic acids is 2. The lowest BCUT2D eigenvalue weighted by Crippen LogP contribution is -2.39. The second-order valence-electron chi connectivity index (χ2n) is 14.2. The molecule has 1 aliphatic rings. The summed E-state index contributed by atoms with van der Waals surface area (Å²) in [5, 5.41) is 0. The largest absolute Gasteiger partial charge is 0.444 e. The van der Waals surface area contributed by atoms with Crippen molar-refractivity contribution >= 4 is 17.7 Å². The highest BCUT2D eigenvalue weighted by molar-refractivity contribution is 6.03. The molecule has 0 heterocycles. The van der Waals surface area contributed by atoms with Gasteiger partial charge < -0.3 is 15.4 Å². The Balaban J connectivity index is 3.46. The fourth-order valence-electron chi connectivity index (χ4n) is 4.98. The fourth-order valence-corrected chi connectivity index (χ4v) is 4.98. The van der Waals surface area contributed by atoms with E-state index < -0.39 is 11.5 Å². The number of nitrogens with two attached hydrogens (primary N) is 1. The Kier molecular flexibility index (Phi) is 15.8. The van der Waals surface area contributed by atoms with Gasteiger partial charge in [-0.25, -0.2) is 4.79 Å². The molecule has 1 rings (SSSR count). The Morgan fingerprint density at radius 3 is 2.07 bits per heavy atom. The molecule has 6 heteroatoms. The topological polar surface area (TPSA) is 85.0 Å². The minimum Gasteiger partial charge on any atom is -0.444 e. The molecule has 2 N–H and O–H groups in total. The Morgan fingerprint density at radius 2 is 1.62 bits per heavy atom. The van der Waals surface area contributed by atoms with Crippen LogP contribution in [0.5, 0.6) is 0 Å². The standard InChI is InChI=1S/C39H61N3O3/c1-25(2)21-33(37(40)43)16-15-29(8)30(9)23-35(32-17-18-32)36(31(10)41-14)34(27(5)6)22-28(7)19-20-42(24-26(3)4)38(44)45-39(11,12)13/h15-16,23,26,30,32H,1,5,7,17-22,24H2,2-4,6,8-14H3,(H2,40,43)/b29-15+,33-16+,35-23-,36-34+,41-31?. The second kappa shape index (κ2) is 17.9. The van der Waals surface area contributed by atoms with Gasteiger partial charge in [-0.2, -0.15) is 0 Å². The highest BCUT2D eigenvalue weighted by atomic mass is 16.6. The number of amides is 2. The van der Waals surface area contributed by atoms with Crippen LogP contribution in [0.15, 0.2) is 87.5 Å². The number of ether oxygens (including phenoxy) is 1. The summed E-state index contributed by atoms with van der Waals surface area (Å²) < 4.78 is 5.69. The van der Waals surface area contributed by atoms with Gasteiger partial charge in [-0.3, -0.25) is 9.79 Å². The van der Waals surface area contributed by atoms with Crippen molar-refractivity contribution in [3.8, 4) is 0 Å². The Hall–Kier alpha value is -3.41. The van der Waals surface area contributed by atoms with Crippen molar-refractivity contribution in [1.82, 2.24) is 4.90 Å². The number of hydrogen-bond donors (Lipinski definition) is 1. The molecular formula is C39H61N3O3. The number of hydrogen-bond acceptors (Lipinski definition) is 4. The molecule has 0 saturated heterocycles. The van der Waals surface area contributed by atoms with E-state index in [1.54, 1.807) is 4.90 Å². The van der Waals surface area contributed by atoms with Gasteiger partial charge in [0.15, 0.2) is 0 Å². The maximum absolute atomic E-state index is 13.0. The van der Waals surface area contributed by atoms with E-state index in [1.807, 2.05) is 53.8 Å². The molecular weight excluding hydrogens is 558 g/mol. The molecule has 2 amide bonds. The van der Waals surface area contributed by atoms with Gasteiger partial charge in [0.2, 0.25) is 5.91 Å². The van der Waals surface area contributed by atoms with Crippen molar-refractivity contribution in [2.75, 3.05) is 20.1 Å². The minimum atomic E-state index is -0.549. The molecule has 45 heavy (non-hydrogen) atoms. The molecule has 6 nitrogen and oxygen atoms in total. The number of rotatable bonds is 17. The van der Waals surface area contributed by atoms with Gasteiger partial charge in [-0.05, 0) is 109 Å². The molecule has 0 bridgehead atoms. The van der Waals surface area contributed by atoms with Crippen LogP contribution in [-0.4, -0.2) is 48.4 Å². The van der Waals surface area contributed by atoms with E-state index >= 15 is 0 Å². The summed E-state index contributed by atoms with van der Waals surface area (Å²) >= 11 is 0. The maximum Gasteiger partial charge on any atom is 0.410 e. The molecule has 1 aliphatic carbocycles. The highest BCUT2D eigenvalue weighted by Crippen LogP contribution is 2.44. The Labute approximate surface area is 274 Å². The normalized spacial score (nSPS) is 16.3. The fraction of sp³-hybridized carbons (Fsp3) is 0.564. The molecule has 0 aromatic carbocycles. The predicted molar refractivity (Wildman–Crippen MR) is 192 cm³/mol. The van der Waals surface area contributed by atoms with E-state index in [0.717, 1.165) is 52.0 Å². The summed E-state index contributed by atoms with van der Waals surface area (Å²) in [4.78, 5) is 31.4. The smallest absolute Gasteiger partial charge is 0.410 e. The monoisotopic (exact) mass is 619 g/mol. The van der Waals surface area contributed by atoms with Gasteiger partial charge in [0, 0.05) is 37.0 Å². The molecule has 0 spiro atoms. The Bertz CT molecular complexity index is 1280. The van der Waals surface area contributed by atoms with Crippen LogP contribution in [0, 0.1) is 17.8 Å². The van der Waals surface area contributed by atoms with Crippen molar-refractivity contribution in [2.24, 2.45) is 28.5 Å². The first-order chi connectivity index (χ1) is 20.8. The maximum atomic E-state index is 13.0. The summed E-state index contributed by atoms with van der Waals surface area (Å²) in [6.07, 6.45) is 9.94. The van der Waals surface area contributed by atoms with Crippen molar-refractivity contribution in [1.29, 1.82) is 0 Å². The third kappa shape index (κ3) is 14.5. The zero-order chi connectivity index (χ0) is 34.6. The van der Waals surface area contributed by atoms with E-state index in [0.29, 0.717) is 49.8 Å². The summed E-state index contributed by atoms with van der Waals surface area (Å²) in [5.41, 5.74) is 14.2. The Morgan fingerprint density at radius 1 is 1.02 bits per heavy atom. The first-order valence-electron chi connectivity index (χ1n) is 16.3. The number of primary amides is 1. The molecule has 0 radical (unpaired) electrons. The van der Waals surface area contributed by atoms with E-state index in [-0.39, 0.29) is 12.0 Å². The number of nitrogens with zero attached hydrogens (tertiary/aromatic N) is 2. The summed E-state index contributed by atoms with van der Waals surface area (Å²) in [6, 6.07) is 0. The zero-order valence-corrected chi connectivity index (χ0v) is 30.2. The van der Waals surface area contributed by atoms with Gasteiger partial charge in [0.1, 0.15) is 5.60 Å². The SMILES string of the molecule is C=C(C)C/C(=C\C=C(/C)C(C)/C=C(\C(C(C)=NC)=C(/CC(=C)CCN(CC(C)C)C(=O)OC(C)(C)C)C(=C)C)C1CC1)C(N)=O. The summed E-state index contributed by atoms with van der Waals surface area (Å²) in [6.45, 7) is 34.1. The minimum absolute atomic E-state index is 0.128. The van der Waals surface area contributed by atoms with Crippen LogP contribution in [0.25, 0.3) is 0 Å². The van der Waals surface area contributed by atoms with E-state index in [9.17, 15) is 9.59 Å². The average Bonchev–Trinajstić information content (AvgIpc) is 3.75. The molecule has 250 valence electrons. The zero-order valence-electron chi connectivity index (χ0n) is 30.2. The van der Waals surface area contributed by atoms with Crippen LogP contribution >= 0.6 is 0 Å². The number of carbonyl (C=O) groups is 2. The van der Waals surface area contributed by atoms with Gasteiger partial charge in [-0.15, -0.1) is 0 Å². The average molecular weight is 620 g/mol. The molecule has 1 fully saturated rings. The molecule has 0 aromatic heterocycles. The van der Waals surface area contributed by atoms with E-state index in [2.05, 4.69) is 65.4 Å². The first kappa shape index (κ1) is 39.6. The first-order valence-corrected chi connectivity index (χ1v) is 16.3. The van der Waals surface area contributed by atoms with Gasteiger partial charge in [-0.1, -0.05) is 81.0 Å². The van der Waals surface area contributed by atoms with Gasteiger partial charge >= 0.3 is 6.09 Å².